The summed E-state index contributed by atoms with van der Waals surface area (Å²) in [5.41, 5.74) is 2.93. The minimum atomic E-state index is 0.587. The van der Waals surface area contributed by atoms with E-state index in [4.69, 9.17) is 4.99 Å². The number of rotatable bonds is 5. The average molecular weight is 358 g/mol. The normalized spacial score (nSPS) is 20.7. The van der Waals surface area contributed by atoms with Crippen LogP contribution in [0.2, 0.25) is 0 Å². The highest BCUT2D eigenvalue weighted by molar-refractivity contribution is 5.80. The summed E-state index contributed by atoms with van der Waals surface area (Å²) >= 11 is 0. The molecule has 3 rings (SSSR count). The third-order valence-electron chi connectivity index (χ3n) is 5.48. The molecule has 144 valence electrons. The molecule has 1 N–H and O–H groups in total. The lowest BCUT2D eigenvalue weighted by atomic mass is 10.0. The third kappa shape index (κ3) is 5.21. The number of fused-ring (bicyclic) bond motifs is 1. The Morgan fingerprint density at radius 1 is 1.12 bits per heavy atom. The zero-order valence-corrected chi connectivity index (χ0v) is 16.7. The molecule has 0 amide bonds. The molecule has 2 aliphatic heterocycles. The van der Waals surface area contributed by atoms with Crippen molar-refractivity contribution in [3.05, 3.63) is 35.4 Å². The second-order valence-corrected chi connectivity index (χ2v) is 7.84. The van der Waals surface area contributed by atoms with E-state index in [1.165, 1.54) is 37.3 Å². The fourth-order valence-electron chi connectivity index (χ4n) is 3.87. The number of nitrogens with zero attached hydrogens (tertiary/aromatic N) is 4. The van der Waals surface area contributed by atoms with Gasteiger partial charge in [0.1, 0.15) is 0 Å². The van der Waals surface area contributed by atoms with Crippen molar-refractivity contribution >= 4 is 5.96 Å². The summed E-state index contributed by atoms with van der Waals surface area (Å²) in [6, 6.07) is 8.80. The van der Waals surface area contributed by atoms with Gasteiger partial charge in [-0.3, -0.25) is 4.99 Å². The van der Waals surface area contributed by atoms with Gasteiger partial charge in [0.05, 0.1) is 0 Å². The Labute approximate surface area is 159 Å². The molecule has 5 heteroatoms. The first-order valence-corrected chi connectivity index (χ1v) is 10.2. The number of likely N-dealkylation sites (N-methyl/N-ethyl adjacent to an activating group) is 1. The van der Waals surface area contributed by atoms with E-state index < -0.39 is 0 Å². The Kier molecular flexibility index (Phi) is 6.92. The summed E-state index contributed by atoms with van der Waals surface area (Å²) in [5, 5.41) is 3.50. The summed E-state index contributed by atoms with van der Waals surface area (Å²) in [5.74, 6) is 1.66. The van der Waals surface area contributed by atoms with E-state index in [0.717, 1.165) is 45.1 Å². The molecule has 5 nitrogen and oxygen atoms in total. The van der Waals surface area contributed by atoms with Crippen LogP contribution in [-0.4, -0.2) is 80.1 Å². The van der Waals surface area contributed by atoms with Crippen LogP contribution in [0, 0.1) is 5.92 Å². The minimum Gasteiger partial charge on any atom is -0.357 e. The molecule has 0 spiro atoms. The highest BCUT2D eigenvalue weighted by atomic mass is 15.3. The molecular weight excluding hydrogens is 322 g/mol. The Bertz CT molecular complexity index is 592. The minimum absolute atomic E-state index is 0.587. The van der Waals surface area contributed by atoms with Crippen molar-refractivity contribution in [2.75, 3.05) is 59.4 Å². The Morgan fingerprint density at radius 3 is 2.58 bits per heavy atom. The molecule has 1 fully saturated rings. The van der Waals surface area contributed by atoms with Crippen molar-refractivity contribution in [3.8, 4) is 0 Å². The van der Waals surface area contributed by atoms with Crippen LogP contribution in [0.4, 0.5) is 0 Å². The van der Waals surface area contributed by atoms with Crippen molar-refractivity contribution in [1.82, 2.24) is 20.0 Å². The van der Waals surface area contributed by atoms with E-state index in [1.54, 1.807) is 0 Å². The smallest absolute Gasteiger partial charge is 0.194 e. The van der Waals surface area contributed by atoms with Gasteiger partial charge in [0.15, 0.2) is 5.96 Å². The molecule has 0 aliphatic carbocycles. The van der Waals surface area contributed by atoms with E-state index >= 15 is 0 Å². The zero-order chi connectivity index (χ0) is 18.4. The monoisotopic (exact) mass is 357 g/mol. The standard InChI is InChI=1S/C21H35N5/c1-4-22-21(26-10-9-19-7-5-6-8-20(19)17-26)23-15-18(2)16-25-13-11-24(3)12-14-25/h5-8,18H,4,9-17H2,1-3H3,(H,22,23). The number of hydrogen-bond acceptors (Lipinski definition) is 3. The molecule has 1 aromatic carbocycles. The van der Waals surface area contributed by atoms with Crippen molar-refractivity contribution in [1.29, 1.82) is 0 Å². The number of piperazine rings is 1. The van der Waals surface area contributed by atoms with E-state index in [0.29, 0.717) is 5.92 Å². The Hall–Kier alpha value is -1.59. The summed E-state index contributed by atoms with van der Waals surface area (Å²) in [6.07, 6.45) is 1.11. The molecule has 1 aromatic rings. The summed E-state index contributed by atoms with van der Waals surface area (Å²) in [6.45, 7) is 14.2. The first-order valence-electron chi connectivity index (χ1n) is 10.2. The first kappa shape index (κ1) is 19.2. The van der Waals surface area contributed by atoms with Crippen LogP contribution < -0.4 is 5.32 Å². The van der Waals surface area contributed by atoms with E-state index in [2.05, 4.69) is 65.2 Å². The molecular formula is C21H35N5. The molecule has 0 bridgehead atoms. The highest BCUT2D eigenvalue weighted by Crippen LogP contribution is 2.18. The maximum Gasteiger partial charge on any atom is 0.194 e. The van der Waals surface area contributed by atoms with Gasteiger partial charge in [-0.1, -0.05) is 31.2 Å². The summed E-state index contributed by atoms with van der Waals surface area (Å²) in [7, 11) is 2.21. The van der Waals surface area contributed by atoms with Gasteiger partial charge in [0, 0.05) is 58.9 Å². The zero-order valence-electron chi connectivity index (χ0n) is 16.7. The largest absolute Gasteiger partial charge is 0.357 e. The van der Waals surface area contributed by atoms with E-state index in [-0.39, 0.29) is 0 Å². The fourth-order valence-corrected chi connectivity index (χ4v) is 3.87. The molecule has 1 atom stereocenters. The number of benzene rings is 1. The third-order valence-corrected chi connectivity index (χ3v) is 5.48. The van der Waals surface area contributed by atoms with Gasteiger partial charge in [0.2, 0.25) is 0 Å². The molecule has 0 aromatic heterocycles. The van der Waals surface area contributed by atoms with Crippen LogP contribution in [-0.2, 0) is 13.0 Å². The lowest BCUT2D eigenvalue weighted by Crippen LogP contribution is -2.46. The van der Waals surface area contributed by atoms with E-state index in [9.17, 15) is 0 Å². The summed E-state index contributed by atoms with van der Waals surface area (Å²) in [4.78, 5) is 12.4. The number of aliphatic imine (C=N–C) groups is 1. The second-order valence-electron chi connectivity index (χ2n) is 7.84. The first-order chi connectivity index (χ1) is 12.7. The van der Waals surface area contributed by atoms with Crippen molar-refractivity contribution < 1.29 is 0 Å². The van der Waals surface area contributed by atoms with Crippen molar-refractivity contribution in [2.45, 2.75) is 26.8 Å². The number of guanidine groups is 1. The molecule has 1 unspecified atom stereocenters. The molecule has 0 saturated carbocycles. The molecule has 2 heterocycles. The SMILES string of the molecule is CCNC(=NCC(C)CN1CCN(C)CC1)N1CCc2ccccc2C1. The van der Waals surface area contributed by atoms with Gasteiger partial charge in [-0.2, -0.15) is 0 Å². The van der Waals surface area contributed by atoms with Crippen LogP contribution in [0.25, 0.3) is 0 Å². The topological polar surface area (TPSA) is 34.1 Å². The highest BCUT2D eigenvalue weighted by Gasteiger charge is 2.20. The molecule has 26 heavy (non-hydrogen) atoms. The quantitative estimate of drug-likeness (QED) is 0.645. The predicted octanol–water partition coefficient (Wildman–Crippen LogP) is 1.89. The lowest BCUT2D eigenvalue weighted by Gasteiger charge is -2.34. The van der Waals surface area contributed by atoms with Gasteiger partial charge in [0.25, 0.3) is 0 Å². The Balaban J connectivity index is 1.55. The molecule has 2 aliphatic rings. The number of nitrogens with one attached hydrogen (secondary N) is 1. The van der Waals surface area contributed by atoms with Crippen molar-refractivity contribution in [2.24, 2.45) is 10.9 Å². The fraction of sp³-hybridized carbons (Fsp3) is 0.667. The lowest BCUT2D eigenvalue weighted by molar-refractivity contribution is 0.140. The Morgan fingerprint density at radius 2 is 1.85 bits per heavy atom. The average Bonchev–Trinajstić information content (AvgIpc) is 2.66. The van der Waals surface area contributed by atoms with Gasteiger partial charge < -0.3 is 20.0 Å². The van der Waals surface area contributed by atoms with Crippen molar-refractivity contribution in [3.63, 3.8) is 0 Å². The van der Waals surface area contributed by atoms with Crippen LogP contribution >= 0.6 is 0 Å². The van der Waals surface area contributed by atoms with Gasteiger partial charge in [-0.05, 0) is 37.4 Å². The molecule has 0 radical (unpaired) electrons. The maximum absolute atomic E-state index is 4.98. The summed E-state index contributed by atoms with van der Waals surface area (Å²) < 4.78 is 0. The van der Waals surface area contributed by atoms with Gasteiger partial charge in [-0.15, -0.1) is 0 Å². The predicted molar refractivity (Wildman–Crippen MR) is 110 cm³/mol. The maximum atomic E-state index is 4.98. The van der Waals surface area contributed by atoms with Gasteiger partial charge >= 0.3 is 0 Å². The van der Waals surface area contributed by atoms with Crippen LogP contribution in [0.3, 0.4) is 0 Å². The number of hydrogen-bond donors (Lipinski definition) is 1. The van der Waals surface area contributed by atoms with Crippen LogP contribution in [0.5, 0.6) is 0 Å². The van der Waals surface area contributed by atoms with Crippen LogP contribution in [0.15, 0.2) is 29.3 Å². The second kappa shape index (κ2) is 9.38. The molecule has 1 saturated heterocycles. The van der Waals surface area contributed by atoms with Gasteiger partial charge in [-0.25, -0.2) is 0 Å². The van der Waals surface area contributed by atoms with E-state index in [1.807, 2.05) is 0 Å². The van der Waals surface area contributed by atoms with Crippen LogP contribution in [0.1, 0.15) is 25.0 Å².